The van der Waals surface area contributed by atoms with Gasteiger partial charge in [0.25, 0.3) is 0 Å². The molecule has 1 heterocycles. The van der Waals surface area contributed by atoms with Crippen molar-refractivity contribution >= 4 is 38.5 Å². The highest BCUT2D eigenvalue weighted by atomic mass is 32.1. The van der Waals surface area contributed by atoms with Crippen molar-refractivity contribution in [1.82, 2.24) is 0 Å². The first kappa shape index (κ1) is 28.2. The Labute approximate surface area is 296 Å². The number of thiophene rings is 1. The van der Waals surface area contributed by atoms with Crippen LogP contribution in [0.4, 0.5) is 17.1 Å². The highest BCUT2D eigenvalue weighted by molar-refractivity contribution is 7.22. The van der Waals surface area contributed by atoms with Crippen molar-refractivity contribution in [3.05, 3.63) is 197 Å². The van der Waals surface area contributed by atoms with Crippen LogP contribution in [0.3, 0.4) is 0 Å². The maximum atomic E-state index is 2.51. The summed E-state index contributed by atoms with van der Waals surface area (Å²) in [5.74, 6) is 0. The van der Waals surface area contributed by atoms with E-state index in [0.717, 1.165) is 5.69 Å². The van der Waals surface area contributed by atoms with Crippen LogP contribution in [-0.4, -0.2) is 0 Å². The molecule has 0 unspecified atom stereocenters. The SMILES string of the molecule is CC1(C)c2ccccc2-c2ccc(N(c3ccccc3)c3ccc4c(c3)C3(c5ccccc5-c5ccccc53)c3c-4sc4ccccc34)cc21. The molecule has 0 atom stereocenters. The van der Waals surface area contributed by atoms with E-state index in [1.165, 1.54) is 87.5 Å². The van der Waals surface area contributed by atoms with Crippen molar-refractivity contribution in [3.8, 4) is 32.7 Å². The monoisotopic (exact) mass is 655 g/mol. The van der Waals surface area contributed by atoms with Crippen LogP contribution in [0.2, 0.25) is 0 Å². The van der Waals surface area contributed by atoms with Crippen LogP contribution in [0.5, 0.6) is 0 Å². The molecule has 1 aromatic heterocycles. The summed E-state index contributed by atoms with van der Waals surface area (Å²) in [5.41, 5.74) is 18.1. The van der Waals surface area contributed by atoms with Crippen molar-refractivity contribution in [2.24, 2.45) is 0 Å². The van der Waals surface area contributed by atoms with Crippen LogP contribution < -0.4 is 4.90 Å². The summed E-state index contributed by atoms with van der Waals surface area (Å²) in [4.78, 5) is 3.85. The summed E-state index contributed by atoms with van der Waals surface area (Å²) in [6, 6.07) is 61.4. The van der Waals surface area contributed by atoms with Gasteiger partial charge in [-0.3, -0.25) is 0 Å². The number of para-hydroxylation sites is 1. The molecule has 0 saturated carbocycles. The second-order valence-corrected chi connectivity index (χ2v) is 15.5. The highest BCUT2D eigenvalue weighted by Crippen LogP contribution is 2.66. The zero-order valence-electron chi connectivity index (χ0n) is 27.9. The number of benzene rings is 7. The van der Waals surface area contributed by atoms with E-state index in [-0.39, 0.29) is 5.41 Å². The second kappa shape index (κ2) is 9.94. The third kappa shape index (κ3) is 3.47. The number of hydrogen-bond acceptors (Lipinski definition) is 2. The minimum absolute atomic E-state index is 0.0844. The molecule has 0 fully saturated rings. The summed E-state index contributed by atoms with van der Waals surface area (Å²) < 4.78 is 1.35. The Kier molecular flexibility index (Phi) is 5.60. The van der Waals surface area contributed by atoms with Crippen molar-refractivity contribution in [3.63, 3.8) is 0 Å². The number of nitrogens with zero attached hydrogens (tertiary/aromatic N) is 1. The molecule has 236 valence electrons. The summed E-state index contributed by atoms with van der Waals surface area (Å²) >= 11 is 1.94. The molecule has 8 aromatic rings. The van der Waals surface area contributed by atoms with Crippen molar-refractivity contribution in [1.29, 1.82) is 0 Å². The minimum Gasteiger partial charge on any atom is -0.310 e. The van der Waals surface area contributed by atoms with Gasteiger partial charge in [0.15, 0.2) is 0 Å². The maximum Gasteiger partial charge on any atom is 0.0740 e. The maximum absolute atomic E-state index is 2.51. The molecule has 3 aliphatic rings. The molecule has 0 amide bonds. The fraction of sp³-hybridized carbons (Fsp3) is 0.0833. The van der Waals surface area contributed by atoms with E-state index >= 15 is 0 Å². The minimum atomic E-state index is -0.405. The summed E-state index contributed by atoms with van der Waals surface area (Å²) in [6.45, 7) is 4.73. The molecule has 1 spiro atoms. The Bertz CT molecular complexity index is 2650. The van der Waals surface area contributed by atoms with Crippen LogP contribution in [0.25, 0.3) is 42.8 Å². The largest absolute Gasteiger partial charge is 0.310 e. The van der Waals surface area contributed by atoms with Crippen molar-refractivity contribution < 1.29 is 0 Å². The first-order valence-corrected chi connectivity index (χ1v) is 18.3. The lowest BCUT2D eigenvalue weighted by Gasteiger charge is -2.32. The molecule has 3 aliphatic carbocycles. The lowest BCUT2D eigenvalue weighted by molar-refractivity contribution is 0.660. The zero-order valence-corrected chi connectivity index (χ0v) is 28.8. The van der Waals surface area contributed by atoms with E-state index in [1.54, 1.807) is 0 Å². The fourth-order valence-corrected chi connectivity index (χ4v) is 10.9. The van der Waals surface area contributed by atoms with Gasteiger partial charge in [0.2, 0.25) is 0 Å². The second-order valence-electron chi connectivity index (χ2n) is 14.4. The molecule has 1 nitrogen and oxygen atoms in total. The van der Waals surface area contributed by atoms with Gasteiger partial charge < -0.3 is 4.90 Å². The van der Waals surface area contributed by atoms with Gasteiger partial charge in [-0.2, -0.15) is 0 Å². The van der Waals surface area contributed by atoms with E-state index in [2.05, 4.69) is 183 Å². The van der Waals surface area contributed by atoms with Crippen molar-refractivity contribution in [2.45, 2.75) is 24.7 Å². The topological polar surface area (TPSA) is 3.24 Å². The van der Waals surface area contributed by atoms with Gasteiger partial charge >= 0.3 is 0 Å². The molecule has 11 rings (SSSR count). The first-order valence-electron chi connectivity index (χ1n) is 17.5. The summed E-state index contributed by atoms with van der Waals surface area (Å²) in [5, 5.41) is 1.36. The molecule has 0 N–H and O–H groups in total. The molecular formula is C48H33NS. The molecule has 0 saturated heterocycles. The van der Waals surface area contributed by atoms with Crippen LogP contribution in [0.15, 0.2) is 164 Å². The average molecular weight is 656 g/mol. The van der Waals surface area contributed by atoms with Gasteiger partial charge in [0, 0.05) is 32.1 Å². The molecule has 2 heteroatoms. The Morgan fingerprint density at radius 1 is 0.420 bits per heavy atom. The third-order valence-corrected chi connectivity index (χ3v) is 12.9. The molecular weight excluding hydrogens is 623 g/mol. The molecule has 0 bridgehead atoms. The van der Waals surface area contributed by atoms with Crippen LogP contribution in [0, 0.1) is 0 Å². The lowest BCUT2D eigenvalue weighted by atomic mass is 9.70. The number of anilines is 3. The van der Waals surface area contributed by atoms with Crippen molar-refractivity contribution in [2.75, 3.05) is 4.90 Å². The zero-order chi connectivity index (χ0) is 33.2. The predicted octanol–water partition coefficient (Wildman–Crippen LogP) is 13.0. The third-order valence-electron chi connectivity index (χ3n) is 11.7. The van der Waals surface area contributed by atoms with Gasteiger partial charge in [-0.05, 0) is 109 Å². The number of hydrogen-bond donors (Lipinski definition) is 0. The van der Waals surface area contributed by atoms with Crippen LogP contribution >= 0.6 is 11.3 Å². The Hall–Kier alpha value is -5.70. The molecule has 7 aromatic carbocycles. The van der Waals surface area contributed by atoms with E-state index in [9.17, 15) is 0 Å². The Balaban J connectivity index is 1.19. The Morgan fingerprint density at radius 2 is 0.940 bits per heavy atom. The van der Waals surface area contributed by atoms with Gasteiger partial charge in [-0.1, -0.05) is 135 Å². The fourth-order valence-electron chi connectivity index (χ4n) is 9.57. The standard InChI is InChI=1S/C48H33NS/c1-47(2)39-20-10-6-16-33(39)36-26-24-31(28-42(36)47)49(30-14-4-3-5-15-30)32-25-27-37-43(29-32)48(45-38-19-9-13-23-44(38)50-46(37)45)40-21-11-7-17-34(40)35-18-8-12-22-41(35)48/h3-29H,1-2H3. The quantitative estimate of drug-likeness (QED) is 0.183. The number of rotatable bonds is 3. The van der Waals surface area contributed by atoms with E-state index < -0.39 is 5.41 Å². The normalized spacial score (nSPS) is 14.9. The first-order chi connectivity index (χ1) is 24.6. The van der Waals surface area contributed by atoms with Gasteiger partial charge in [-0.25, -0.2) is 0 Å². The van der Waals surface area contributed by atoms with Gasteiger partial charge in [0.1, 0.15) is 0 Å². The average Bonchev–Trinajstić information content (AvgIpc) is 3.84. The van der Waals surface area contributed by atoms with E-state index in [4.69, 9.17) is 0 Å². The highest BCUT2D eigenvalue weighted by Gasteiger charge is 2.53. The summed E-state index contributed by atoms with van der Waals surface area (Å²) in [6.07, 6.45) is 0. The van der Waals surface area contributed by atoms with Crippen LogP contribution in [0.1, 0.15) is 47.2 Å². The molecule has 0 aliphatic heterocycles. The van der Waals surface area contributed by atoms with Gasteiger partial charge in [0.05, 0.1) is 5.41 Å². The summed E-state index contributed by atoms with van der Waals surface area (Å²) in [7, 11) is 0. The van der Waals surface area contributed by atoms with E-state index in [0.29, 0.717) is 0 Å². The predicted molar refractivity (Wildman–Crippen MR) is 210 cm³/mol. The lowest BCUT2D eigenvalue weighted by Crippen LogP contribution is -2.26. The number of fused-ring (bicyclic) bond motifs is 15. The molecule has 0 radical (unpaired) electrons. The Morgan fingerprint density at radius 3 is 1.64 bits per heavy atom. The smallest absolute Gasteiger partial charge is 0.0740 e. The van der Waals surface area contributed by atoms with Crippen LogP contribution in [-0.2, 0) is 10.8 Å². The molecule has 50 heavy (non-hydrogen) atoms. The van der Waals surface area contributed by atoms with Gasteiger partial charge in [-0.15, -0.1) is 11.3 Å². The van der Waals surface area contributed by atoms with E-state index in [1.807, 2.05) is 11.3 Å².